The largest absolute Gasteiger partial charge is 0.465 e. The Hall–Kier alpha value is -2.27. The maximum absolute atomic E-state index is 14.2. The fourth-order valence-electron chi connectivity index (χ4n) is 6.63. The van der Waals surface area contributed by atoms with Crippen molar-refractivity contribution >= 4 is 17.8 Å². The molecule has 10 nitrogen and oxygen atoms in total. The van der Waals surface area contributed by atoms with E-state index < -0.39 is 41.1 Å². The van der Waals surface area contributed by atoms with Gasteiger partial charge in [0, 0.05) is 32.7 Å². The van der Waals surface area contributed by atoms with Gasteiger partial charge in [0.05, 0.1) is 44.0 Å². The molecular weight excluding hydrogens is 478 g/mol. The predicted octanol–water partition coefficient (Wildman–Crippen LogP) is 0.352. The van der Waals surface area contributed by atoms with Crippen LogP contribution in [0.5, 0.6) is 0 Å². The number of morpholine rings is 1. The van der Waals surface area contributed by atoms with Gasteiger partial charge in [-0.05, 0) is 33.1 Å². The molecule has 0 radical (unpaired) electrons. The average molecular weight is 518 g/mol. The Morgan fingerprint density at radius 2 is 1.81 bits per heavy atom. The van der Waals surface area contributed by atoms with Crippen LogP contribution < -0.4 is 0 Å². The lowest BCUT2D eigenvalue weighted by Crippen LogP contribution is -2.58. The third-order valence-corrected chi connectivity index (χ3v) is 8.55. The highest BCUT2D eigenvalue weighted by Gasteiger charge is 2.75. The van der Waals surface area contributed by atoms with Crippen molar-refractivity contribution in [2.75, 3.05) is 59.2 Å². The summed E-state index contributed by atoms with van der Waals surface area (Å²) in [5.41, 5.74) is -2.43. The van der Waals surface area contributed by atoms with Gasteiger partial charge in [0.2, 0.25) is 11.8 Å². The Balaban J connectivity index is 1.52. The quantitative estimate of drug-likeness (QED) is 0.411. The maximum atomic E-state index is 14.2. The number of aliphatic hydroxyl groups is 1. The summed E-state index contributed by atoms with van der Waals surface area (Å²) in [6.45, 7) is 8.09. The Morgan fingerprint density at radius 1 is 1.03 bits per heavy atom. The van der Waals surface area contributed by atoms with Crippen molar-refractivity contribution in [1.82, 2.24) is 14.7 Å². The van der Waals surface area contributed by atoms with Crippen molar-refractivity contribution in [3.63, 3.8) is 0 Å². The third-order valence-electron chi connectivity index (χ3n) is 8.55. The highest BCUT2D eigenvalue weighted by molar-refractivity contribution is 5.99. The highest BCUT2D eigenvalue weighted by atomic mass is 16.6. The lowest BCUT2D eigenvalue weighted by molar-refractivity contribution is -0.161. The molecule has 0 aliphatic carbocycles. The van der Waals surface area contributed by atoms with Crippen molar-refractivity contribution in [2.24, 2.45) is 11.8 Å². The molecule has 2 amide bonds. The van der Waals surface area contributed by atoms with E-state index in [2.05, 4.69) is 4.90 Å². The van der Waals surface area contributed by atoms with Gasteiger partial charge < -0.3 is 29.1 Å². The molecule has 0 saturated carbocycles. The summed E-state index contributed by atoms with van der Waals surface area (Å²) in [6.07, 6.45) is 10.1. The van der Waals surface area contributed by atoms with E-state index in [0.29, 0.717) is 32.8 Å². The number of likely N-dealkylation sites (tertiary alicyclic amines) is 1. The second-order valence-corrected chi connectivity index (χ2v) is 11.0. The van der Waals surface area contributed by atoms with Crippen LogP contribution in [0.15, 0.2) is 24.3 Å². The number of aliphatic hydroxyl groups excluding tert-OH is 1. The van der Waals surface area contributed by atoms with Crippen molar-refractivity contribution in [2.45, 2.75) is 56.4 Å². The number of cyclic esters (lactones) is 1. The third kappa shape index (κ3) is 4.51. The predicted molar refractivity (Wildman–Crippen MR) is 133 cm³/mol. The molecule has 6 atom stereocenters. The summed E-state index contributed by atoms with van der Waals surface area (Å²) in [5, 5.41) is 10.0. The summed E-state index contributed by atoms with van der Waals surface area (Å²) in [7, 11) is 0. The van der Waals surface area contributed by atoms with Gasteiger partial charge in [-0.3, -0.25) is 19.3 Å². The molecule has 1 unspecified atom stereocenters. The summed E-state index contributed by atoms with van der Waals surface area (Å²) < 4.78 is 17.8. The van der Waals surface area contributed by atoms with Crippen LogP contribution in [0.3, 0.4) is 0 Å². The Labute approximate surface area is 218 Å². The van der Waals surface area contributed by atoms with Crippen LogP contribution in [0.1, 0.15) is 33.1 Å². The van der Waals surface area contributed by atoms with E-state index in [1.165, 1.54) is 4.90 Å². The molecule has 0 aromatic carbocycles. The Bertz CT molecular complexity index is 964. The fraction of sp³-hybridized carbons (Fsp3) is 0.741. The molecule has 5 rings (SSSR count). The second-order valence-electron chi connectivity index (χ2n) is 11.0. The minimum absolute atomic E-state index is 0.223. The summed E-state index contributed by atoms with van der Waals surface area (Å²) in [5.74, 6) is -2.87. The minimum Gasteiger partial charge on any atom is -0.465 e. The van der Waals surface area contributed by atoms with E-state index in [1.807, 2.05) is 31.2 Å². The molecule has 10 heteroatoms. The zero-order chi connectivity index (χ0) is 26.2. The van der Waals surface area contributed by atoms with Gasteiger partial charge in [-0.2, -0.15) is 0 Å². The molecule has 5 aliphatic rings. The highest BCUT2D eigenvalue weighted by Crippen LogP contribution is 2.57. The lowest BCUT2D eigenvalue weighted by Gasteiger charge is -2.39. The summed E-state index contributed by atoms with van der Waals surface area (Å²) in [6, 6.07) is -1.59. The number of hydrogen-bond acceptors (Lipinski definition) is 8. The molecular formula is C27H39N3O7. The number of allylic oxidation sites excluding steroid dienone is 1. The smallest absolute Gasteiger partial charge is 0.313 e. The van der Waals surface area contributed by atoms with E-state index in [-0.39, 0.29) is 25.0 Å². The van der Waals surface area contributed by atoms with E-state index in [4.69, 9.17) is 14.2 Å². The summed E-state index contributed by atoms with van der Waals surface area (Å²) >= 11 is 0. The van der Waals surface area contributed by atoms with Crippen LogP contribution in [0, 0.1) is 11.8 Å². The number of hydrogen-bond donors (Lipinski definition) is 1. The molecule has 0 aromatic heterocycles. The number of fused-ring (bicyclic) bond motifs is 2. The van der Waals surface area contributed by atoms with E-state index in [0.717, 1.165) is 32.4 Å². The zero-order valence-electron chi connectivity index (χ0n) is 21.8. The number of amides is 2. The number of carbonyl (C=O) groups excluding carboxylic acids is 3. The normalized spacial score (nSPS) is 38.5. The van der Waals surface area contributed by atoms with Crippen molar-refractivity contribution in [3.8, 4) is 0 Å². The van der Waals surface area contributed by atoms with E-state index in [9.17, 15) is 19.5 Å². The number of nitrogens with zero attached hydrogens (tertiary/aromatic N) is 3. The van der Waals surface area contributed by atoms with Gasteiger partial charge in [-0.1, -0.05) is 24.3 Å². The zero-order valence-corrected chi connectivity index (χ0v) is 21.8. The summed E-state index contributed by atoms with van der Waals surface area (Å²) in [4.78, 5) is 47.2. The number of ether oxygens (including phenoxy) is 3. The van der Waals surface area contributed by atoms with Gasteiger partial charge in [0.15, 0.2) is 0 Å². The van der Waals surface area contributed by atoms with Gasteiger partial charge >= 0.3 is 5.97 Å². The average Bonchev–Trinajstić information content (AvgIpc) is 3.23. The van der Waals surface area contributed by atoms with Gasteiger partial charge in [-0.15, -0.1) is 0 Å². The molecule has 1 spiro atoms. The molecule has 0 bridgehead atoms. The Kier molecular flexibility index (Phi) is 7.46. The molecule has 3 saturated heterocycles. The number of rotatable bonds is 5. The molecule has 5 aliphatic heterocycles. The maximum Gasteiger partial charge on any atom is 0.313 e. The number of esters is 1. The van der Waals surface area contributed by atoms with Crippen LogP contribution in [0.2, 0.25) is 0 Å². The van der Waals surface area contributed by atoms with Crippen molar-refractivity contribution in [3.05, 3.63) is 24.3 Å². The Morgan fingerprint density at radius 3 is 2.57 bits per heavy atom. The van der Waals surface area contributed by atoms with Crippen LogP contribution in [0.25, 0.3) is 0 Å². The van der Waals surface area contributed by atoms with Crippen molar-refractivity contribution < 1.29 is 33.7 Å². The fourth-order valence-corrected chi connectivity index (χ4v) is 6.63. The van der Waals surface area contributed by atoms with Gasteiger partial charge in [0.25, 0.3) is 0 Å². The van der Waals surface area contributed by atoms with Crippen molar-refractivity contribution in [1.29, 1.82) is 0 Å². The monoisotopic (exact) mass is 517 g/mol. The van der Waals surface area contributed by atoms with Crippen LogP contribution in [-0.2, 0) is 28.6 Å². The topological polar surface area (TPSA) is 109 Å². The molecule has 3 fully saturated rings. The first-order valence-electron chi connectivity index (χ1n) is 13.6. The molecule has 1 N–H and O–H groups in total. The first kappa shape index (κ1) is 26.3. The lowest BCUT2D eigenvalue weighted by atomic mass is 9.74. The standard InChI is InChI=1S/C27H39N3O7/c1-19(18-31)30-22-24(33)29(12-11-28-13-16-35-17-14-28)10-7-9-27(22)20(23(30)32)21-25(34)36-15-6-4-3-5-8-26(21,2)37-27/h5,7-9,19-22,31H,3-4,6,10-18H2,1-2H3/b8-5-/t19-,20+,21+,22?,26-,27+/m1/s1. The molecule has 0 aromatic rings. The SMILES string of the molecule is C[C@H](CO)N1C(=O)[C@@H]2[C@H]3C(=O)OCCCC/C=C\[C@@]3(C)O[C@@]23C=CCN(CCN2CCOCC2)C(=O)C13. The van der Waals surface area contributed by atoms with Crippen LogP contribution in [0.4, 0.5) is 0 Å². The van der Waals surface area contributed by atoms with Crippen LogP contribution >= 0.6 is 0 Å². The van der Waals surface area contributed by atoms with E-state index in [1.54, 1.807) is 11.8 Å². The first-order chi connectivity index (χ1) is 17.8. The van der Waals surface area contributed by atoms with Gasteiger partial charge in [0.1, 0.15) is 17.6 Å². The first-order valence-corrected chi connectivity index (χ1v) is 13.6. The molecule has 37 heavy (non-hydrogen) atoms. The molecule has 5 heterocycles. The second kappa shape index (κ2) is 10.5. The number of carbonyl (C=O) groups is 3. The van der Waals surface area contributed by atoms with E-state index >= 15 is 0 Å². The van der Waals surface area contributed by atoms with Crippen LogP contribution in [-0.4, -0.2) is 120 Å². The minimum atomic E-state index is -1.33. The van der Waals surface area contributed by atoms with Gasteiger partial charge in [-0.25, -0.2) is 0 Å². The molecule has 204 valence electrons.